The Morgan fingerprint density at radius 3 is 2.61 bits per heavy atom. The Labute approximate surface area is 236 Å². The van der Waals surface area contributed by atoms with Crippen LogP contribution in [-0.2, 0) is 9.53 Å². The lowest BCUT2D eigenvalue weighted by atomic mass is 9.96. The number of hydrogen-bond donors (Lipinski definition) is 0. The van der Waals surface area contributed by atoms with Gasteiger partial charge in [0.15, 0.2) is 4.80 Å². The van der Waals surface area contributed by atoms with Gasteiger partial charge in [0.25, 0.3) is 5.56 Å². The summed E-state index contributed by atoms with van der Waals surface area (Å²) in [6.07, 6.45) is 3.68. The third-order valence-corrected chi connectivity index (χ3v) is 8.52. The quantitative estimate of drug-likeness (QED) is 0.202. The molecular formula is C28H22Cl2N2O4S2. The van der Waals surface area contributed by atoms with Crippen molar-refractivity contribution in [2.24, 2.45) is 4.99 Å². The number of thioether (sulfide) groups is 1. The first-order chi connectivity index (χ1) is 18.3. The first kappa shape index (κ1) is 26.6. The first-order valence-electron chi connectivity index (χ1n) is 11.7. The van der Waals surface area contributed by atoms with E-state index in [0.717, 1.165) is 16.0 Å². The summed E-state index contributed by atoms with van der Waals surface area (Å²) in [5.41, 5.74) is 2.17. The van der Waals surface area contributed by atoms with E-state index < -0.39 is 12.0 Å². The second kappa shape index (κ2) is 11.0. The highest BCUT2D eigenvalue weighted by Crippen LogP contribution is 2.32. The predicted molar refractivity (Wildman–Crippen MR) is 153 cm³/mol. The van der Waals surface area contributed by atoms with Crippen molar-refractivity contribution in [3.63, 3.8) is 0 Å². The number of hydrogen-bond acceptors (Lipinski definition) is 7. The third kappa shape index (κ3) is 5.01. The molecule has 5 rings (SSSR count). The highest BCUT2D eigenvalue weighted by molar-refractivity contribution is 7.98. The Morgan fingerprint density at radius 2 is 1.92 bits per heavy atom. The van der Waals surface area contributed by atoms with Gasteiger partial charge in [-0.05, 0) is 68.1 Å². The number of thiazole rings is 1. The molecule has 1 aliphatic heterocycles. The topological polar surface area (TPSA) is 73.8 Å². The van der Waals surface area contributed by atoms with Gasteiger partial charge < -0.3 is 9.15 Å². The number of ether oxygens (including phenoxy) is 1. The number of aromatic nitrogens is 1. The number of halogens is 2. The van der Waals surface area contributed by atoms with E-state index in [1.54, 1.807) is 54.5 Å². The summed E-state index contributed by atoms with van der Waals surface area (Å²) < 4.78 is 13.3. The number of nitrogens with zero attached hydrogens (tertiary/aromatic N) is 2. The molecule has 0 fully saturated rings. The molecule has 0 amide bonds. The standard InChI is InChI=1S/C28H22Cl2N2O4S2/c1-4-35-27(34)24-15(2)31-28-32(25(24)16-5-9-19(37-3)10-6-16)26(33)23(38-28)14-18-8-12-22(36-18)17-7-11-20(29)21(30)13-17/h5-14,25H,4H2,1-3H3/b23-14-. The van der Waals surface area contributed by atoms with Gasteiger partial charge in [-0.3, -0.25) is 9.36 Å². The van der Waals surface area contributed by atoms with Gasteiger partial charge >= 0.3 is 5.97 Å². The minimum Gasteiger partial charge on any atom is -0.463 e. The molecule has 2 aromatic carbocycles. The van der Waals surface area contributed by atoms with Crippen molar-refractivity contribution in [1.29, 1.82) is 0 Å². The number of esters is 1. The van der Waals surface area contributed by atoms with E-state index >= 15 is 0 Å². The van der Waals surface area contributed by atoms with Crippen molar-refractivity contribution < 1.29 is 13.9 Å². The molecule has 38 heavy (non-hydrogen) atoms. The number of fused-ring (bicyclic) bond motifs is 1. The molecular weight excluding hydrogens is 563 g/mol. The SMILES string of the molecule is CCOC(=O)C1=C(C)N=c2s/c(=C\c3ccc(-c4ccc(Cl)c(Cl)c4)o3)c(=O)n2C1c1ccc(SC)cc1. The fourth-order valence-corrected chi connectivity index (χ4v) is 5.99. The number of benzene rings is 2. The van der Waals surface area contributed by atoms with Crippen LogP contribution < -0.4 is 14.9 Å². The molecule has 2 aromatic heterocycles. The average molecular weight is 586 g/mol. The van der Waals surface area contributed by atoms with Crippen molar-refractivity contribution in [2.45, 2.75) is 24.8 Å². The van der Waals surface area contributed by atoms with Crippen LogP contribution in [0.3, 0.4) is 0 Å². The molecule has 0 radical (unpaired) electrons. The normalized spacial score (nSPS) is 15.4. The fourth-order valence-electron chi connectivity index (χ4n) is 4.26. The molecule has 0 saturated heterocycles. The number of furan rings is 1. The zero-order valence-electron chi connectivity index (χ0n) is 20.7. The molecule has 0 spiro atoms. The predicted octanol–water partition coefficient (Wildman–Crippen LogP) is 6.09. The largest absolute Gasteiger partial charge is 0.463 e. The molecule has 6 nitrogen and oxygen atoms in total. The number of allylic oxidation sites excluding steroid dienone is 1. The lowest BCUT2D eigenvalue weighted by Gasteiger charge is -2.24. The van der Waals surface area contributed by atoms with Crippen molar-refractivity contribution in [2.75, 3.05) is 12.9 Å². The monoisotopic (exact) mass is 584 g/mol. The van der Waals surface area contributed by atoms with Crippen molar-refractivity contribution in [3.8, 4) is 11.3 Å². The van der Waals surface area contributed by atoms with E-state index in [9.17, 15) is 9.59 Å². The Hall–Kier alpha value is -3.04. The molecule has 194 valence electrons. The Balaban J connectivity index is 1.62. The number of carbonyl (C=O) groups excluding carboxylic acids is 1. The Kier molecular flexibility index (Phi) is 7.68. The van der Waals surface area contributed by atoms with E-state index in [-0.39, 0.29) is 12.2 Å². The maximum atomic E-state index is 13.7. The lowest BCUT2D eigenvalue weighted by Crippen LogP contribution is -2.39. The van der Waals surface area contributed by atoms with Crippen molar-refractivity contribution >= 4 is 58.3 Å². The van der Waals surface area contributed by atoms with E-state index in [0.29, 0.717) is 42.2 Å². The lowest BCUT2D eigenvalue weighted by molar-refractivity contribution is -0.139. The molecule has 3 heterocycles. The second-order valence-corrected chi connectivity index (χ2v) is 11.1. The van der Waals surface area contributed by atoms with Crippen LogP contribution in [0.15, 0.2) is 85.0 Å². The van der Waals surface area contributed by atoms with E-state index in [1.807, 2.05) is 42.7 Å². The van der Waals surface area contributed by atoms with Crippen LogP contribution in [-0.4, -0.2) is 23.4 Å². The molecule has 1 aliphatic rings. The molecule has 0 saturated carbocycles. The van der Waals surface area contributed by atoms with Crippen LogP contribution in [0.1, 0.15) is 31.2 Å². The van der Waals surface area contributed by atoms with Gasteiger partial charge in [0, 0.05) is 16.5 Å². The maximum Gasteiger partial charge on any atom is 0.338 e. The molecule has 0 N–H and O–H groups in total. The van der Waals surface area contributed by atoms with Crippen LogP contribution in [0.4, 0.5) is 0 Å². The zero-order valence-corrected chi connectivity index (χ0v) is 23.8. The van der Waals surface area contributed by atoms with E-state index in [4.69, 9.17) is 32.4 Å². The number of rotatable bonds is 6. The minimum atomic E-state index is -0.660. The van der Waals surface area contributed by atoms with Gasteiger partial charge in [-0.2, -0.15) is 0 Å². The summed E-state index contributed by atoms with van der Waals surface area (Å²) in [5.74, 6) is 0.604. The summed E-state index contributed by atoms with van der Waals surface area (Å²) in [7, 11) is 0. The average Bonchev–Trinajstić information content (AvgIpc) is 3.49. The summed E-state index contributed by atoms with van der Waals surface area (Å²) in [6.45, 7) is 3.74. The fraction of sp³-hybridized carbons (Fsp3) is 0.179. The van der Waals surface area contributed by atoms with E-state index in [2.05, 4.69) is 4.99 Å². The van der Waals surface area contributed by atoms with Gasteiger partial charge in [0.1, 0.15) is 11.5 Å². The molecule has 4 aromatic rings. The van der Waals surface area contributed by atoms with Gasteiger partial charge in [-0.15, -0.1) is 11.8 Å². The van der Waals surface area contributed by atoms with Crippen LogP contribution in [0, 0.1) is 0 Å². The molecule has 0 aliphatic carbocycles. The zero-order chi connectivity index (χ0) is 27.0. The Morgan fingerprint density at radius 1 is 1.16 bits per heavy atom. The minimum absolute atomic E-state index is 0.220. The summed E-state index contributed by atoms with van der Waals surface area (Å²) in [5, 5.41) is 0.882. The second-order valence-electron chi connectivity index (χ2n) is 8.41. The van der Waals surface area contributed by atoms with Crippen molar-refractivity contribution in [3.05, 3.63) is 107 Å². The van der Waals surface area contributed by atoms with E-state index in [1.165, 1.54) is 11.3 Å². The number of carbonyl (C=O) groups is 1. The van der Waals surface area contributed by atoms with Crippen LogP contribution in [0.2, 0.25) is 10.0 Å². The summed E-state index contributed by atoms with van der Waals surface area (Å²) in [6, 6.07) is 16.0. The molecule has 1 unspecified atom stereocenters. The molecule has 10 heteroatoms. The van der Waals surface area contributed by atoms with Crippen LogP contribution in [0.25, 0.3) is 17.4 Å². The Bertz CT molecular complexity index is 1750. The van der Waals surface area contributed by atoms with Crippen molar-refractivity contribution in [1.82, 2.24) is 4.57 Å². The summed E-state index contributed by atoms with van der Waals surface area (Å²) in [4.78, 5) is 33.0. The molecule has 0 bridgehead atoms. The smallest absolute Gasteiger partial charge is 0.338 e. The third-order valence-electron chi connectivity index (χ3n) is 6.05. The first-order valence-corrected chi connectivity index (χ1v) is 14.5. The maximum absolute atomic E-state index is 13.7. The van der Waals surface area contributed by atoms with Crippen LogP contribution in [0.5, 0.6) is 0 Å². The highest BCUT2D eigenvalue weighted by Gasteiger charge is 2.33. The van der Waals surface area contributed by atoms with Gasteiger partial charge in [0.2, 0.25) is 0 Å². The molecule has 1 atom stereocenters. The summed E-state index contributed by atoms with van der Waals surface area (Å²) >= 11 is 15.0. The van der Waals surface area contributed by atoms with Gasteiger partial charge in [-0.25, -0.2) is 9.79 Å². The van der Waals surface area contributed by atoms with Gasteiger partial charge in [-0.1, -0.05) is 46.7 Å². The highest BCUT2D eigenvalue weighted by atomic mass is 35.5. The van der Waals surface area contributed by atoms with Gasteiger partial charge in [0.05, 0.1) is 38.5 Å². The van der Waals surface area contributed by atoms with Crippen LogP contribution >= 0.6 is 46.3 Å².